The van der Waals surface area contributed by atoms with Crippen molar-refractivity contribution in [1.82, 2.24) is 0 Å². The molecular weight excluding hydrogens is 148 g/mol. The Morgan fingerprint density at radius 2 is 2.00 bits per heavy atom. The lowest BCUT2D eigenvalue weighted by Crippen LogP contribution is -1.92. The number of nitrogens with one attached hydrogen (secondary N) is 1. The second-order valence-corrected chi connectivity index (χ2v) is 2.59. The van der Waals surface area contributed by atoms with Gasteiger partial charge in [0.15, 0.2) is 0 Å². The third-order valence-corrected chi connectivity index (χ3v) is 1.37. The fraction of sp³-hybridized carbons (Fsp3) is 0.100. The highest BCUT2D eigenvalue weighted by Gasteiger charge is 1.91. The van der Waals surface area contributed by atoms with Gasteiger partial charge in [0.2, 0.25) is 0 Å². The summed E-state index contributed by atoms with van der Waals surface area (Å²) in [6, 6.07) is 9.30. The van der Waals surface area contributed by atoms with Crippen LogP contribution in [-0.4, -0.2) is 0 Å². The summed E-state index contributed by atoms with van der Waals surface area (Å²) >= 11 is 0. The first-order valence-corrected chi connectivity index (χ1v) is 3.65. The molecule has 0 amide bonds. The first kappa shape index (κ1) is 8.35. The van der Waals surface area contributed by atoms with E-state index in [0.29, 0.717) is 5.56 Å². The quantitative estimate of drug-likeness (QED) is 0.717. The van der Waals surface area contributed by atoms with E-state index in [1.54, 1.807) is 12.1 Å². The van der Waals surface area contributed by atoms with Crippen molar-refractivity contribution in [2.24, 2.45) is 0 Å². The Morgan fingerprint density at radius 1 is 1.42 bits per heavy atom. The Hall–Kier alpha value is -1.75. The molecule has 60 valence electrons. The molecule has 0 aliphatic heterocycles. The molecule has 0 saturated carbocycles. The monoisotopic (exact) mass is 158 g/mol. The summed E-state index contributed by atoms with van der Waals surface area (Å²) in [5.41, 5.74) is 2.52. The van der Waals surface area contributed by atoms with Crippen LogP contribution in [0.5, 0.6) is 0 Å². The van der Waals surface area contributed by atoms with E-state index in [9.17, 15) is 0 Å². The number of anilines is 1. The highest BCUT2D eigenvalue weighted by molar-refractivity contribution is 5.50. The number of allylic oxidation sites excluding steroid dienone is 1. The Balaban J connectivity index is 2.80. The summed E-state index contributed by atoms with van der Waals surface area (Å²) in [5, 5.41) is 11.6. The van der Waals surface area contributed by atoms with E-state index in [-0.39, 0.29) is 0 Å². The summed E-state index contributed by atoms with van der Waals surface area (Å²) in [4.78, 5) is 0. The number of hydrogen-bond donors (Lipinski definition) is 1. The average Bonchev–Trinajstić information content (AvgIpc) is 2.05. The van der Waals surface area contributed by atoms with Crippen LogP contribution in [0.4, 0.5) is 5.69 Å². The number of hydrogen-bond acceptors (Lipinski definition) is 2. The molecule has 1 N–H and O–H groups in total. The van der Waals surface area contributed by atoms with Crippen molar-refractivity contribution < 1.29 is 0 Å². The predicted octanol–water partition coefficient (Wildman–Crippen LogP) is 2.50. The zero-order valence-electron chi connectivity index (χ0n) is 6.96. The van der Waals surface area contributed by atoms with Crippen LogP contribution in [0.3, 0.4) is 0 Å². The van der Waals surface area contributed by atoms with Crippen LogP contribution < -0.4 is 5.32 Å². The molecule has 2 heteroatoms. The number of rotatable bonds is 2. The van der Waals surface area contributed by atoms with Gasteiger partial charge in [-0.25, -0.2) is 0 Å². The van der Waals surface area contributed by atoms with Gasteiger partial charge in [0, 0.05) is 11.4 Å². The van der Waals surface area contributed by atoms with Crippen LogP contribution in [0, 0.1) is 11.3 Å². The first-order valence-electron chi connectivity index (χ1n) is 3.65. The first-order chi connectivity index (χ1) is 5.72. The van der Waals surface area contributed by atoms with E-state index >= 15 is 0 Å². The zero-order chi connectivity index (χ0) is 8.97. The van der Waals surface area contributed by atoms with Crippen LogP contribution in [0.2, 0.25) is 0 Å². The van der Waals surface area contributed by atoms with Gasteiger partial charge in [-0.1, -0.05) is 6.58 Å². The molecule has 1 rings (SSSR count). The molecule has 0 unspecified atom stereocenters. The second-order valence-electron chi connectivity index (χ2n) is 2.59. The zero-order valence-corrected chi connectivity index (χ0v) is 6.96. The van der Waals surface area contributed by atoms with Gasteiger partial charge in [0.1, 0.15) is 0 Å². The Labute approximate surface area is 72.1 Å². The predicted molar refractivity (Wildman–Crippen MR) is 49.6 cm³/mol. The van der Waals surface area contributed by atoms with Gasteiger partial charge >= 0.3 is 0 Å². The minimum absolute atomic E-state index is 0.669. The maximum absolute atomic E-state index is 8.52. The average molecular weight is 158 g/mol. The van der Waals surface area contributed by atoms with Crippen molar-refractivity contribution in [3.05, 3.63) is 42.1 Å². The van der Waals surface area contributed by atoms with Crippen molar-refractivity contribution in [2.75, 3.05) is 5.32 Å². The molecular formula is C10H10N2. The molecule has 12 heavy (non-hydrogen) atoms. The molecule has 0 radical (unpaired) electrons. The molecule has 0 aliphatic carbocycles. The van der Waals surface area contributed by atoms with Gasteiger partial charge < -0.3 is 5.32 Å². The van der Waals surface area contributed by atoms with Crippen molar-refractivity contribution in [3.63, 3.8) is 0 Å². The van der Waals surface area contributed by atoms with Crippen LogP contribution >= 0.6 is 0 Å². The molecule has 0 bridgehead atoms. The fourth-order valence-corrected chi connectivity index (χ4v) is 0.874. The smallest absolute Gasteiger partial charge is 0.0991 e. The summed E-state index contributed by atoms with van der Waals surface area (Å²) in [6.07, 6.45) is 0. The SMILES string of the molecule is C=C(C)Nc1ccc(C#N)cc1. The second kappa shape index (κ2) is 3.59. The minimum Gasteiger partial charge on any atom is -0.360 e. The third kappa shape index (κ3) is 2.14. The van der Waals surface area contributed by atoms with Crippen LogP contribution in [-0.2, 0) is 0 Å². The molecule has 0 aromatic heterocycles. The highest BCUT2D eigenvalue weighted by Crippen LogP contribution is 2.10. The molecule has 0 aliphatic rings. The topological polar surface area (TPSA) is 35.8 Å². The number of benzene rings is 1. The Bertz CT molecular complexity index is 317. The van der Waals surface area contributed by atoms with Crippen molar-refractivity contribution >= 4 is 5.69 Å². The molecule has 2 nitrogen and oxygen atoms in total. The number of nitrogens with zero attached hydrogens (tertiary/aromatic N) is 1. The largest absolute Gasteiger partial charge is 0.360 e. The van der Waals surface area contributed by atoms with Crippen LogP contribution in [0.1, 0.15) is 12.5 Å². The lowest BCUT2D eigenvalue weighted by atomic mass is 10.2. The van der Waals surface area contributed by atoms with E-state index in [0.717, 1.165) is 11.4 Å². The van der Waals surface area contributed by atoms with Gasteiger partial charge in [0.25, 0.3) is 0 Å². The molecule has 0 spiro atoms. The van der Waals surface area contributed by atoms with Gasteiger partial charge in [0.05, 0.1) is 11.6 Å². The lowest BCUT2D eigenvalue weighted by Gasteiger charge is -2.03. The van der Waals surface area contributed by atoms with Crippen LogP contribution in [0.15, 0.2) is 36.5 Å². The Morgan fingerprint density at radius 3 is 2.42 bits per heavy atom. The van der Waals surface area contributed by atoms with E-state index in [1.165, 1.54) is 0 Å². The summed E-state index contributed by atoms with van der Waals surface area (Å²) in [6.45, 7) is 5.60. The molecule has 1 aromatic carbocycles. The standard InChI is InChI=1S/C10H10N2/c1-8(2)12-10-5-3-9(7-11)4-6-10/h3-6,12H,1H2,2H3. The summed E-state index contributed by atoms with van der Waals surface area (Å²) in [7, 11) is 0. The van der Waals surface area contributed by atoms with Gasteiger partial charge in [-0.2, -0.15) is 5.26 Å². The highest BCUT2D eigenvalue weighted by atomic mass is 14.9. The maximum Gasteiger partial charge on any atom is 0.0991 e. The van der Waals surface area contributed by atoms with Crippen molar-refractivity contribution in [1.29, 1.82) is 5.26 Å². The van der Waals surface area contributed by atoms with Crippen LogP contribution in [0.25, 0.3) is 0 Å². The molecule has 0 saturated heterocycles. The summed E-state index contributed by atoms with van der Waals surface area (Å²) < 4.78 is 0. The third-order valence-electron chi connectivity index (χ3n) is 1.37. The van der Waals surface area contributed by atoms with E-state index < -0.39 is 0 Å². The number of nitriles is 1. The lowest BCUT2D eigenvalue weighted by molar-refractivity contribution is 1.39. The van der Waals surface area contributed by atoms with E-state index in [4.69, 9.17) is 5.26 Å². The van der Waals surface area contributed by atoms with Crippen molar-refractivity contribution in [2.45, 2.75) is 6.92 Å². The van der Waals surface area contributed by atoms with Crippen molar-refractivity contribution in [3.8, 4) is 6.07 Å². The maximum atomic E-state index is 8.52. The normalized spacial score (nSPS) is 8.67. The van der Waals surface area contributed by atoms with Gasteiger partial charge in [-0.3, -0.25) is 0 Å². The molecule has 0 fully saturated rings. The molecule has 0 atom stereocenters. The van der Waals surface area contributed by atoms with Gasteiger partial charge in [-0.05, 0) is 31.2 Å². The fourth-order valence-electron chi connectivity index (χ4n) is 0.874. The van der Waals surface area contributed by atoms with E-state index in [2.05, 4.69) is 18.0 Å². The summed E-state index contributed by atoms with van der Waals surface area (Å²) in [5.74, 6) is 0. The molecule has 1 aromatic rings. The minimum atomic E-state index is 0.669. The molecule has 0 heterocycles. The van der Waals surface area contributed by atoms with E-state index in [1.807, 2.05) is 19.1 Å². The van der Waals surface area contributed by atoms with Gasteiger partial charge in [-0.15, -0.1) is 0 Å². The Kier molecular flexibility index (Phi) is 2.49.